The maximum Gasteiger partial charge on any atom is 0.140 e. The number of aromatic nitrogens is 2. The van der Waals surface area contributed by atoms with Crippen molar-refractivity contribution in [2.45, 2.75) is 6.10 Å². The Morgan fingerprint density at radius 1 is 1.89 bits per heavy atom. The van der Waals surface area contributed by atoms with Crippen LogP contribution < -0.4 is 0 Å². The second-order valence-corrected chi connectivity index (χ2v) is 2.22. The Kier molecular flexibility index (Phi) is 0.873. The van der Waals surface area contributed by atoms with Crippen molar-refractivity contribution in [2.75, 3.05) is 6.61 Å². The summed E-state index contributed by atoms with van der Waals surface area (Å²) in [5.74, 6) is 1.04. The zero-order chi connectivity index (χ0) is 6.27. The number of epoxide rings is 1. The molecular formula is C6H8N2O. The van der Waals surface area contributed by atoms with Crippen LogP contribution in [0.1, 0.15) is 11.9 Å². The zero-order valence-electron chi connectivity index (χ0n) is 5.24. The second kappa shape index (κ2) is 1.57. The van der Waals surface area contributed by atoms with Gasteiger partial charge in [0.2, 0.25) is 0 Å². The van der Waals surface area contributed by atoms with Gasteiger partial charge in [-0.2, -0.15) is 0 Å². The van der Waals surface area contributed by atoms with Crippen LogP contribution in [0.2, 0.25) is 0 Å². The molecule has 1 atom stereocenters. The van der Waals surface area contributed by atoms with Crippen LogP contribution in [0.25, 0.3) is 0 Å². The van der Waals surface area contributed by atoms with Gasteiger partial charge >= 0.3 is 0 Å². The molecule has 1 aliphatic heterocycles. The van der Waals surface area contributed by atoms with Gasteiger partial charge in [0.25, 0.3) is 0 Å². The van der Waals surface area contributed by atoms with Gasteiger partial charge in [0.15, 0.2) is 0 Å². The van der Waals surface area contributed by atoms with E-state index in [0.29, 0.717) is 0 Å². The van der Waals surface area contributed by atoms with Gasteiger partial charge in [-0.15, -0.1) is 0 Å². The molecule has 0 aromatic carbocycles. The van der Waals surface area contributed by atoms with Crippen LogP contribution >= 0.6 is 0 Å². The van der Waals surface area contributed by atoms with Crippen molar-refractivity contribution in [2.24, 2.45) is 7.05 Å². The first-order chi connectivity index (χ1) is 4.38. The van der Waals surface area contributed by atoms with E-state index in [4.69, 9.17) is 4.74 Å². The fourth-order valence-corrected chi connectivity index (χ4v) is 0.885. The Balaban J connectivity index is 2.35. The molecule has 0 saturated carbocycles. The number of imidazole rings is 1. The minimum atomic E-state index is 0.282. The third-order valence-corrected chi connectivity index (χ3v) is 1.48. The second-order valence-electron chi connectivity index (χ2n) is 2.22. The standard InChI is InChI=1S/C6H8N2O/c1-8-3-2-7-6(8)5-4-9-5/h2-3,5H,4H2,1H3/t5-/m1/s1. The Morgan fingerprint density at radius 2 is 2.67 bits per heavy atom. The normalized spacial score (nSPS) is 24.3. The molecule has 1 saturated heterocycles. The predicted molar refractivity (Wildman–Crippen MR) is 31.9 cm³/mol. The van der Waals surface area contributed by atoms with E-state index in [-0.39, 0.29) is 6.10 Å². The highest BCUT2D eigenvalue weighted by Crippen LogP contribution is 2.27. The SMILES string of the molecule is Cn1ccnc1[C@H]1CO1. The zero-order valence-corrected chi connectivity index (χ0v) is 5.24. The van der Waals surface area contributed by atoms with Gasteiger partial charge in [0.1, 0.15) is 11.9 Å². The first-order valence-corrected chi connectivity index (χ1v) is 2.97. The van der Waals surface area contributed by atoms with Crippen molar-refractivity contribution < 1.29 is 4.74 Å². The molecule has 48 valence electrons. The van der Waals surface area contributed by atoms with Crippen molar-refractivity contribution in [1.82, 2.24) is 9.55 Å². The summed E-state index contributed by atoms with van der Waals surface area (Å²) in [5, 5.41) is 0. The van der Waals surface area contributed by atoms with Gasteiger partial charge in [0.05, 0.1) is 6.61 Å². The summed E-state index contributed by atoms with van der Waals surface area (Å²) >= 11 is 0. The highest BCUT2D eigenvalue weighted by molar-refractivity contribution is 5.00. The fraction of sp³-hybridized carbons (Fsp3) is 0.500. The number of rotatable bonds is 1. The molecule has 0 bridgehead atoms. The van der Waals surface area contributed by atoms with E-state index >= 15 is 0 Å². The van der Waals surface area contributed by atoms with Gasteiger partial charge < -0.3 is 9.30 Å². The van der Waals surface area contributed by atoms with Crippen molar-refractivity contribution in [1.29, 1.82) is 0 Å². The lowest BCUT2D eigenvalue weighted by molar-refractivity contribution is 0.402. The predicted octanol–water partition coefficient (Wildman–Crippen LogP) is 0.491. The maximum absolute atomic E-state index is 5.05. The molecule has 0 aliphatic carbocycles. The van der Waals surface area contributed by atoms with Crippen LogP contribution in [-0.4, -0.2) is 16.2 Å². The molecule has 1 aromatic rings. The molecular weight excluding hydrogens is 116 g/mol. The average Bonchev–Trinajstić information content (AvgIpc) is 2.58. The topological polar surface area (TPSA) is 30.4 Å². The lowest BCUT2D eigenvalue weighted by Crippen LogP contribution is -1.93. The minimum Gasteiger partial charge on any atom is -0.365 e. The molecule has 3 nitrogen and oxygen atoms in total. The van der Waals surface area contributed by atoms with Gasteiger partial charge in [-0.1, -0.05) is 0 Å². The van der Waals surface area contributed by atoms with Gasteiger partial charge in [-0.3, -0.25) is 0 Å². The molecule has 1 aliphatic rings. The van der Waals surface area contributed by atoms with Crippen molar-refractivity contribution in [3.05, 3.63) is 18.2 Å². The third kappa shape index (κ3) is 0.733. The maximum atomic E-state index is 5.05. The molecule has 1 aromatic heterocycles. The van der Waals surface area contributed by atoms with E-state index in [1.807, 2.05) is 17.8 Å². The van der Waals surface area contributed by atoms with Crippen LogP contribution in [0, 0.1) is 0 Å². The van der Waals surface area contributed by atoms with Crippen LogP contribution in [0.4, 0.5) is 0 Å². The summed E-state index contributed by atoms with van der Waals surface area (Å²) in [4.78, 5) is 4.12. The summed E-state index contributed by atoms with van der Waals surface area (Å²) in [6.45, 7) is 0.838. The first kappa shape index (κ1) is 4.99. The summed E-state index contributed by atoms with van der Waals surface area (Å²) < 4.78 is 7.03. The molecule has 0 unspecified atom stereocenters. The molecule has 0 spiro atoms. The summed E-state index contributed by atoms with van der Waals surface area (Å²) in [6, 6.07) is 0. The third-order valence-electron chi connectivity index (χ3n) is 1.48. The monoisotopic (exact) mass is 124 g/mol. The molecule has 2 rings (SSSR count). The number of nitrogens with zero attached hydrogens (tertiary/aromatic N) is 2. The van der Waals surface area contributed by atoms with Crippen LogP contribution in [0.3, 0.4) is 0 Å². The largest absolute Gasteiger partial charge is 0.365 e. The molecule has 0 N–H and O–H groups in total. The van der Waals surface area contributed by atoms with E-state index in [1.54, 1.807) is 6.20 Å². The minimum absolute atomic E-state index is 0.282. The fourth-order valence-electron chi connectivity index (χ4n) is 0.885. The van der Waals surface area contributed by atoms with Crippen LogP contribution in [-0.2, 0) is 11.8 Å². The molecule has 0 amide bonds. The molecule has 0 radical (unpaired) electrons. The van der Waals surface area contributed by atoms with Crippen LogP contribution in [0.15, 0.2) is 12.4 Å². The average molecular weight is 124 g/mol. The molecule has 3 heteroatoms. The highest BCUT2D eigenvalue weighted by atomic mass is 16.6. The molecule has 9 heavy (non-hydrogen) atoms. The van der Waals surface area contributed by atoms with E-state index in [0.717, 1.165) is 12.4 Å². The van der Waals surface area contributed by atoms with Crippen LogP contribution in [0.5, 0.6) is 0 Å². The number of hydrogen-bond donors (Lipinski definition) is 0. The Bertz CT molecular complexity index is 215. The summed E-state index contributed by atoms with van der Waals surface area (Å²) in [7, 11) is 1.98. The Hall–Kier alpha value is -0.830. The summed E-state index contributed by atoms with van der Waals surface area (Å²) in [6.07, 6.45) is 4.00. The first-order valence-electron chi connectivity index (χ1n) is 2.97. The summed E-state index contributed by atoms with van der Waals surface area (Å²) in [5.41, 5.74) is 0. The van der Waals surface area contributed by atoms with E-state index < -0.39 is 0 Å². The lowest BCUT2D eigenvalue weighted by Gasteiger charge is -1.92. The molecule has 2 heterocycles. The van der Waals surface area contributed by atoms with Gasteiger partial charge in [0, 0.05) is 19.4 Å². The van der Waals surface area contributed by atoms with Gasteiger partial charge in [-0.05, 0) is 0 Å². The Labute approximate surface area is 53.3 Å². The van der Waals surface area contributed by atoms with Gasteiger partial charge in [-0.25, -0.2) is 4.98 Å². The smallest absolute Gasteiger partial charge is 0.140 e. The highest BCUT2D eigenvalue weighted by Gasteiger charge is 2.28. The van der Waals surface area contributed by atoms with E-state index in [1.165, 1.54) is 0 Å². The lowest BCUT2D eigenvalue weighted by atomic mass is 10.4. The van der Waals surface area contributed by atoms with Crippen molar-refractivity contribution in [3.63, 3.8) is 0 Å². The number of aryl methyl sites for hydroxylation is 1. The molecule has 1 fully saturated rings. The quantitative estimate of drug-likeness (QED) is 0.510. The number of hydrogen-bond acceptors (Lipinski definition) is 2. The van der Waals surface area contributed by atoms with Crippen molar-refractivity contribution in [3.8, 4) is 0 Å². The van der Waals surface area contributed by atoms with E-state index in [9.17, 15) is 0 Å². The van der Waals surface area contributed by atoms with E-state index in [2.05, 4.69) is 4.98 Å². The van der Waals surface area contributed by atoms with Crippen molar-refractivity contribution >= 4 is 0 Å². The Morgan fingerprint density at radius 3 is 3.11 bits per heavy atom. The number of ether oxygens (including phenoxy) is 1.